The molecule has 3 aliphatic rings. The third kappa shape index (κ3) is 5.82. The van der Waals surface area contributed by atoms with Gasteiger partial charge in [0.1, 0.15) is 5.75 Å². The first-order valence-corrected chi connectivity index (χ1v) is 13.0. The van der Waals surface area contributed by atoms with Gasteiger partial charge in [0.15, 0.2) is 6.61 Å². The summed E-state index contributed by atoms with van der Waals surface area (Å²) in [4.78, 5) is 29.3. The number of hydrogen-bond donors (Lipinski definition) is 3. The van der Waals surface area contributed by atoms with Gasteiger partial charge in [-0.05, 0) is 72.8 Å². The van der Waals surface area contributed by atoms with Gasteiger partial charge in [0, 0.05) is 12.2 Å². The van der Waals surface area contributed by atoms with Crippen molar-refractivity contribution >= 4 is 17.7 Å². The van der Waals surface area contributed by atoms with Gasteiger partial charge >= 0.3 is 6.09 Å². The molecular weight excluding hydrogens is 482 g/mol. The fraction of sp³-hybridized carbons (Fsp3) is 0.333. The summed E-state index contributed by atoms with van der Waals surface area (Å²) in [6.45, 7) is 2.49. The van der Waals surface area contributed by atoms with Crippen LogP contribution in [0.3, 0.4) is 0 Å². The molecule has 3 N–H and O–H groups in total. The quantitative estimate of drug-likeness (QED) is 0.391. The molecule has 3 aromatic carbocycles. The number of aliphatic hydroxyl groups is 1. The first kappa shape index (κ1) is 25.8. The number of nitrogens with one attached hydrogen (secondary N) is 1. The Hall–Kier alpha value is -3.88. The molecule has 2 bridgehead atoms. The van der Waals surface area contributed by atoms with Gasteiger partial charge in [0.2, 0.25) is 0 Å². The lowest BCUT2D eigenvalue weighted by molar-refractivity contribution is -0.118. The van der Waals surface area contributed by atoms with Gasteiger partial charge in [-0.3, -0.25) is 9.69 Å². The molecule has 0 aliphatic carbocycles. The first-order chi connectivity index (χ1) is 18.5. The van der Waals surface area contributed by atoms with E-state index in [1.807, 2.05) is 48.5 Å². The van der Waals surface area contributed by atoms with Crippen LogP contribution < -0.4 is 10.1 Å². The number of nitrogens with zero attached hydrogens (tertiary/aromatic N) is 2. The normalized spacial score (nSPS) is 20.9. The predicted molar refractivity (Wildman–Crippen MR) is 144 cm³/mol. The van der Waals surface area contributed by atoms with Crippen molar-refractivity contribution in [3.8, 4) is 5.75 Å². The second-order valence-electron chi connectivity index (χ2n) is 9.98. The molecular formula is C30H33N3O5. The number of anilines is 1. The van der Waals surface area contributed by atoms with Crippen molar-refractivity contribution in [2.45, 2.75) is 31.5 Å². The van der Waals surface area contributed by atoms with Crippen molar-refractivity contribution in [3.05, 3.63) is 95.6 Å². The number of piperidine rings is 3. The van der Waals surface area contributed by atoms with E-state index in [4.69, 9.17) is 4.74 Å². The summed E-state index contributed by atoms with van der Waals surface area (Å²) in [5, 5.41) is 22.6. The molecule has 3 saturated heterocycles. The van der Waals surface area contributed by atoms with Gasteiger partial charge in [-0.15, -0.1) is 0 Å². The third-order valence-electron chi connectivity index (χ3n) is 7.53. The van der Waals surface area contributed by atoms with Crippen molar-refractivity contribution in [2.24, 2.45) is 5.92 Å². The number of ether oxygens (including phenoxy) is 1. The predicted octanol–water partition coefficient (Wildman–Crippen LogP) is 4.36. The van der Waals surface area contributed by atoms with E-state index in [1.54, 1.807) is 35.2 Å². The van der Waals surface area contributed by atoms with E-state index < -0.39 is 12.1 Å². The van der Waals surface area contributed by atoms with Gasteiger partial charge in [0.25, 0.3) is 5.91 Å². The van der Waals surface area contributed by atoms with E-state index in [0.717, 1.165) is 43.6 Å². The van der Waals surface area contributed by atoms with Crippen LogP contribution in [0.5, 0.6) is 5.75 Å². The average molecular weight is 516 g/mol. The Kier molecular flexibility index (Phi) is 7.91. The zero-order valence-electron chi connectivity index (χ0n) is 21.2. The largest absolute Gasteiger partial charge is 0.484 e. The molecule has 198 valence electrons. The lowest BCUT2D eigenvalue weighted by Crippen LogP contribution is -2.59. The van der Waals surface area contributed by atoms with Gasteiger partial charge in [-0.25, -0.2) is 4.79 Å². The fourth-order valence-electron chi connectivity index (χ4n) is 5.71. The minimum atomic E-state index is -0.937. The number of carboxylic acid groups (broad SMARTS) is 1. The minimum Gasteiger partial charge on any atom is -0.484 e. The van der Waals surface area contributed by atoms with Crippen LogP contribution in [0.1, 0.15) is 35.6 Å². The number of benzene rings is 3. The van der Waals surface area contributed by atoms with E-state index in [0.29, 0.717) is 22.9 Å². The standard InChI is InChI=1S/C30H33N3O5/c34-19-21-6-4-10-25(16-21)31-28(35)20-38-26-11-5-9-24(17-26)29(23-7-2-1-3-8-23)33(30(36)37)27-18-32-14-12-22(27)13-15-32/h1-11,16-17,22,27,29,34H,12-15,18-20H2,(H,31,35)(H,36,37)/t27?,29-/m0/s1. The first-order valence-electron chi connectivity index (χ1n) is 13.0. The summed E-state index contributed by atoms with van der Waals surface area (Å²) in [5.41, 5.74) is 2.97. The van der Waals surface area contributed by atoms with Crippen molar-refractivity contribution in [2.75, 3.05) is 31.6 Å². The Balaban J connectivity index is 1.37. The second kappa shape index (κ2) is 11.7. The molecule has 0 spiro atoms. The zero-order chi connectivity index (χ0) is 26.5. The number of amides is 2. The molecule has 2 amide bonds. The lowest BCUT2D eigenvalue weighted by Gasteiger charge is -2.50. The maximum Gasteiger partial charge on any atom is 0.408 e. The van der Waals surface area contributed by atoms with Gasteiger partial charge < -0.3 is 25.2 Å². The zero-order valence-corrected chi connectivity index (χ0v) is 21.2. The summed E-state index contributed by atoms with van der Waals surface area (Å²) in [6, 6.07) is 23.4. The summed E-state index contributed by atoms with van der Waals surface area (Å²) >= 11 is 0. The Morgan fingerprint density at radius 3 is 2.39 bits per heavy atom. The van der Waals surface area contributed by atoms with Crippen LogP contribution in [0.4, 0.5) is 10.5 Å². The maximum absolute atomic E-state index is 12.8. The second-order valence-corrected chi connectivity index (χ2v) is 9.98. The topological polar surface area (TPSA) is 102 Å². The Bertz CT molecular complexity index is 1260. The number of carbonyl (C=O) groups is 2. The van der Waals surface area contributed by atoms with Crippen LogP contribution in [-0.2, 0) is 11.4 Å². The van der Waals surface area contributed by atoms with Crippen LogP contribution >= 0.6 is 0 Å². The molecule has 3 heterocycles. The van der Waals surface area contributed by atoms with Crippen molar-refractivity contribution < 1.29 is 24.5 Å². The minimum absolute atomic E-state index is 0.0924. The molecule has 3 fully saturated rings. The summed E-state index contributed by atoms with van der Waals surface area (Å²) in [5.74, 6) is 0.501. The fourth-order valence-corrected chi connectivity index (χ4v) is 5.71. The molecule has 0 saturated carbocycles. The number of aliphatic hydroxyl groups excluding tert-OH is 1. The number of carbonyl (C=O) groups excluding carboxylic acids is 1. The number of hydrogen-bond acceptors (Lipinski definition) is 5. The molecule has 38 heavy (non-hydrogen) atoms. The molecule has 2 atom stereocenters. The van der Waals surface area contributed by atoms with Gasteiger partial charge in [0.05, 0.1) is 18.7 Å². The summed E-state index contributed by atoms with van der Waals surface area (Å²) in [6.07, 6.45) is 1.08. The molecule has 8 nitrogen and oxygen atoms in total. The highest BCUT2D eigenvalue weighted by Crippen LogP contribution is 2.39. The Labute approximate surface area is 222 Å². The highest BCUT2D eigenvalue weighted by atomic mass is 16.5. The van der Waals surface area contributed by atoms with Crippen LogP contribution in [-0.4, -0.2) is 64.3 Å². The van der Waals surface area contributed by atoms with E-state index >= 15 is 0 Å². The van der Waals surface area contributed by atoms with E-state index in [-0.39, 0.29) is 25.2 Å². The van der Waals surface area contributed by atoms with Crippen molar-refractivity contribution in [1.29, 1.82) is 0 Å². The van der Waals surface area contributed by atoms with Crippen molar-refractivity contribution in [3.63, 3.8) is 0 Å². The third-order valence-corrected chi connectivity index (χ3v) is 7.53. The highest BCUT2D eigenvalue weighted by molar-refractivity contribution is 5.91. The van der Waals surface area contributed by atoms with E-state index in [9.17, 15) is 19.8 Å². The summed E-state index contributed by atoms with van der Waals surface area (Å²) in [7, 11) is 0. The van der Waals surface area contributed by atoms with Crippen LogP contribution in [0.2, 0.25) is 0 Å². The Morgan fingerprint density at radius 1 is 0.974 bits per heavy atom. The van der Waals surface area contributed by atoms with Crippen molar-refractivity contribution in [1.82, 2.24) is 9.80 Å². The Morgan fingerprint density at radius 2 is 1.71 bits per heavy atom. The highest BCUT2D eigenvalue weighted by Gasteiger charge is 2.43. The van der Waals surface area contributed by atoms with Gasteiger partial charge in [-0.1, -0.05) is 54.6 Å². The van der Waals surface area contributed by atoms with Crippen LogP contribution in [0, 0.1) is 5.92 Å². The monoisotopic (exact) mass is 515 g/mol. The molecule has 6 rings (SSSR count). The number of fused-ring (bicyclic) bond motifs is 3. The van der Waals surface area contributed by atoms with Crippen LogP contribution in [0.25, 0.3) is 0 Å². The van der Waals surface area contributed by atoms with E-state index in [1.165, 1.54) is 0 Å². The average Bonchev–Trinajstić information content (AvgIpc) is 2.96. The lowest BCUT2D eigenvalue weighted by atomic mass is 9.81. The molecule has 8 heteroatoms. The number of rotatable bonds is 9. The smallest absolute Gasteiger partial charge is 0.408 e. The molecule has 3 aromatic rings. The molecule has 0 radical (unpaired) electrons. The van der Waals surface area contributed by atoms with Crippen LogP contribution in [0.15, 0.2) is 78.9 Å². The SMILES string of the molecule is O=C(COc1cccc([C@H](c2ccccc2)N(C(=O)O)C2CN3CCC2CC3)c1)Nc1cccc(CO)c1. The van der Waals surface area contributed by atoms with E-state index in [2.05, 4.69) is 10.2 Å². The molecule has 3 aliphatic heterocycles. The maximum atomic E-state index is 12.8. The molecule has 1 unspecified atom stereocenters. The summed E-state index contributed by atoms with van der Waals surface area (Å²) < 4.78 is 5.82. The molecule has 0 aromatic heterocycles. The van der Waals surface area contributed by atoms with Gasteiger partial charge in [-0.2, -0.15) is 0 Å².